The molecule has 0 N–H and O–H groups in total. The highest BCUT2D eigenvalue weighted by Gasteiger charge is 2.31. The predicted octanol–water partition coefficient (Wildman–Crippen LogP) is 5.29. The van der Waals surface area contributed by atoms with E-state index in [0.29, 0.717) is 12.6 Å². The standard InChI is InChI=1S/C19H16ClF3O5/c1-2-26-18(7-8-24)28-17-10-14(5-3-12(17)11-25)27-16-6-4-13(9-15(16)20)19(21,22)23/h3-6,8-11,18H,2,7H2,1H3. The van der Waals surface area contributed by atoms with E-state index >= 15 is 0 Å². The summed E-state index contributed by atoms with van der Waals surface area (Å²) in [5, 5.41) is -0.232. The number of halogens is 4. The molecule has 2 aromatic carbocycles. The van der Waals surface area contributed by atoms with Gasteiger partial charge in [0.15, 0.2) is 6.29 Å². The summed E-state index contributed by atoms with van der Waals surface area (Å²) in [5.74, 6) is 0.258. The molecule has 0 saturated carbocycles. The third-order valence-electron chi connectivity index (χ3n) is 3.50. The SMILES string of the molecule is CCOC(CC=O)Oc1cc(Oc2ccc(C(F)(F)F)cc2Cl)ccc1C=O. The largest absolute Gasteiger partial charge is 0.464 e. The van der Waals surface area contributed by atoms with Gasteiger partial charge in [-0.2, -0.15) is 13.2 Å². The number of hydrogen-bond acceptors (Lipinski definition) is 5. The van der Waals surface area contributed by atoms with Crippen molar-refractivity contribution in [1.82, 2.24) is 0 Å². The summed E-state index contributed by atoms with van der Waals surface area (Å²) in [5.41, 5.74) is -0.722. The van der Waals surface area contributed by atoms with Crippen molar-refractivity contribution in [3.63, 3.8) is 0 Å². The van der Waals surface area contributed by atoms with Crippen LogP contribution >= 0.6 is 11.6 Å². The minimum Gasteiger partial charge on any atom is -0.464 e. The maximum absolute atomic E-state index is 12.7. The molecule has 0 spiro atoms. The number of benzene rings is 2. The summed E-state index contributed by atoms with van der Waals surface area (Å²) >= 11 is 5.88. The van der Waals surface area contributed by atoms with E-state index in [1.54, 1.807) is 6.92 Å². The van der Waals surface area contributed by atoms with E-state index < -0.39 is 18.0 Å². The lowest BCUT2D eigenvalue weighted by molar-refractivity contribution is -0.137. The lowest BCUT2D eigenvalue weighted by atomic mass is 10.2. The fourth-order valence-corrected chi connectivity index (χ4v) is 2.44. The Bertz CT molecular complexity index is 839. The molecule has 0 amide bonds. The lowest BCUT2D eigenvalue weighted by Crippen LogP contribution is -2.21. The Morgan fingerprint density at radius 1 is 1.11 bits per heavy atom. The Morgan fingerprint density at radius 2 is 1.86 bits per heavy atom. The number of ether oxygens (including phenoxy) is 3. The molecular formula is C19H16ClF3O5. The van der Waals surface area contributed by atoms with Crippen molar-refractivity contribution < 1.29 is 37.0 Å². The van der Waals surface area contributed by atoms with Gasteiger partial charge < -0.3 is 19.0 Å². The van der Waals surface area contributed by atoms with Crippen LogP contribution in [0.1, 0.15) is 29.3 Å². The van der Waals surface area contributed by atoms with Crippen LogP contribution in [-0.2, 0) is 15.7 Å². The second-order valence-electron chi connectivity index (χ2n) is 5.47. The molecular weight excluding hydrogens is 401 g/mol. The first-order valence-electron chi connectivity index (χ1n) is 8.14. The molecule has 5 nitrogen and oxygen atoms in total. The van der Waals surface area contributed by atoms with Crippen LogP contribution in [0.15, 0.2) is 36.4 Å². The van der Waals surface area contributed by atoms with Crippen LogP contribution in [-0.4, -0.2) is 25.5 Å². The second-order valence-corrected chi connectivity index (χ2v) is 5.87. The second kappa shape index (κ2) is 9.57. The first-order chi connectivity index (χ1) is 13.3. The van der Waals surface area contributed by atoms with Gasteiger partial charge in [0, 0.05) is 12.7 Å². The molecule has 0 radical (unpaired) electrons. The zero-order chi connectivity index (χ0) is 20.7. The van der Waals surface area contributed by atoms with Crippen LogP contribution in [0.4, 0.5) is 13.2 Å². The first-order valence-corrected chi connectivity index (χ1v) is 8.52. The van der Waals surface area contributed by atoms with Crippen LogP contribution in [0.2, 0.25) is 5.02 Å². The third kappa shape index (κ3) is 5.71. The minimum atomic E-state index is -4.53. The maximum atomic E-state index is 12.7. The number of hydrogen-bond donors (Lipinski definition) is 0. The molecule has 0 aliphatic heterocycles. The highest BCUT2D eigenvalue weighted by Crippen LogP contribution is 2.37. The molecule has 0 aliphatic carbocycles. The predicted molar refractivity (Wildman–Crippen MR) is 95.1 cm³/mol. The molecule has 1 atom stereocenters. The Morgan fingerprint density at radius 3 is 2.43 bits per heavy atom. The Labute approximate surface area is 164 Å². The topological polar surface area (TPSA) is 61.8 Å². The van der Waals surface area contributed by atoms with Gasteiger partial charge in [0.2, 0.25) is 6.29 Å². The van der Waals surface area contributed by atoms with Gasteiger partial charge in [-0.15, -0.1) is 0 Å². The summed E-state index contributed by atoms with van der Waals surface area (Å²) in [6.45, 7) is 2.00. The highest BCUT2D eigenvalue weighted by atomic mass is 35.5. The molecule has 0 fully saturated rings. The molecule has 0 bridgehead atoms. The van der Waals surface area contributed by atoms with Crippen molar-refractivity contribution in [2.24, 2.45) is 0 Å². The highest BCUT2D eigenvalue weighted by molar-refractivity contribution is 6.32. The maximum Gasteiger partial charge on any atom is 0.416 e. The van der Waals surface area contributed by atoms with E-state index in [9.17, 15) is 22.8 Å². The first kappa shape index (κ1) is 21.7. The van der Waals surface area contributed by atoms with Crippen molar-refractivity contribution >= 4 is 24.2 Å². The van der Waals surface area contributed by atoms with Crippen LogP contribution < -0.4 is 9.47 Å². The fraction of sp³-hybridized carbons (Fsp3) is 0.263. The number of carbonyl (C=O) groups is 2. The van der Waals surface area contributed by atoms with Gasteiger partial charge in [-0.1, -0.05) is 11.6 Å². The van der Waals surface area contributed by atoms with Gasteiger partial charge in [0.25, 0.3) is 0 Å². The lowest BCUT2D eigenvalue weighted by Gasteiger charge is -2.18. The molecule has 0 saturated heterocycles. The van der Waals surface area contributed by atoms with Crippen molar-refractivity contribution in [3.8, 4) is 17.2 Å². The number of carbonyl (C=O) groups excluding carboxylic acids is 2. The number of alkyl halides is 3. The Hall–Kier alpha value is -2.58. The minimum absolute atomic E-state index is 0.00582. The van der Waals surface area contributed by atoms with Crippen LogP contribution in [0.5, 0.6) is 17.2 Å². The molecule has 28 heavy (non-hydrogen) atoms. The van der Waals surface area contributed by atoms with Crippen molar-refractivity contribution in [1.29, 1.82) is 0 Å². The molecule has 9 heteroatoms. The third-order valence-corrected chi connectivity index (χ3v) is 3.79. The van der Waals surface area contributed by atoms with Gasteiger partial charge in [-0.25, -0.2) is 0 Å². The summed E-state index contributed by atoms with van der Waals surface area (Å²) in [6.07, 6.45) is -4.31. The average molecular weight is 417 g/mol. The summed E-state index contributed by atoms with van der Waals surface area (Å²) in [7, 11) is 0. The smallest absolute Gasteiger partial charge is 0.416 e. The number of rotatable bonds is 9. The molecule has 0 aromatic heterocycles. The van der Waals surface area contributed by atoms with Crippen molar-refractivity contribution in [3.05, 3.63) is 52.5 Å². The molecule has 0 heterocycles. The molecule has 2 rings (SSSR count). The van der Waals surface area contributed by atoms with Gasteiger partial charge in [-0.3, -0.25) is 4.79 Å². The molecule has 2 aromatic rings. The van der Waals surface area contributed by atoms with Crippen molar-refractivity contribution in [2.75, 3.05) is 6.61 Å². The zero-order valence-electron chi connectivity index (χ0n) is 14.7. The molecule has 0 aliphatic rings. The van der Waals surface area contributed by atoms with E-state index in [-0.39, 0.29) is 40.9 Å². The van der Waals surface area contributed by atoms with E-state index in [2.05, 4.69) is 0 Å². The Kier molecular flexibility index (Phi) is 7.42. The molecule has 1 unspecified atom stereocenters. The van der Waals surface area contributed by atoms with Gasteiger partial charge in [0.05, 0.1) is 22.6 Å². The van der Waals surface area contributed by atoms with Crippen molar-refractivity contribution in [2.45, 2.75) is 25.8 Å². The van der Waals surface area contributed by atoms with E-state index in [4.69, 9.17) is 25.8 Å². The van der Waals surface area contributed by atoms with E-state index in [1.165, 1.54) is 18.2 Å². The van der Waals surface area contributed by atoms with E-state index in [1.807, 2.05) is 0 Å². The van der Waals surface area contributed by atoms with Gasteiger partial charge >= 0.3 is 6.18 Å². The van der Waals surface area contributed by atoms with Crippen LogP contribution in [0.3, 0.4) is 0 Å². The summed E-state index contributed by atoms with van der Waals surface area (Å²) in [4.78, 5) is 22.0. The summed E-state index contributed by atoms with van der Waals surface area (Å²) in [6, 6.07) is 6.87. The van der Waals surface area contributed by atoms with E-state index in [0.717, 1.165) is 18.2 Å². The van der Waals surface area contributed by atoms with Gasteiger partial charge in [-0.05, 0) is 37.3 Å². The number of aldehydes is 2. The average Bonchev–Trinajstić information content (AvgIpc) is 2.63. The Balaban J connectivity index is 2.27. The zero-order valence-corrected chi connectivity index (χ0v) is 15.4. The fourth-order valence-electron chi connectivity index (χ4n) is 2.22. The molecule has 150 valence electrons. The van der Waals surface area contributed by atoms with Gasteiger partial charge in [0.1, 0.15) is 23.5 Å². The normalized spacial score (nSPS) is 12.3. The van der Waals surface area contributed by atoms with Crippen LogP contribution in [0.25, 0.3) is 0 Å². The van der Waals surface area contributed by atoms with Crippen LogP contribution in [0, 0.1) is 0 Å². The monoisotopic (exact) mass is 416 g/mol. The quantitative estimate of drug-likeness (QED) is 0.410. The summed E-state index contributed by atoms with van der Waals surface area (Å²) < 4.78 is 54.5.